The Labute approximate surface area is 68.9 Å². The van der Waals surface area contributed by atoms with Crippen LogP contribution in [0.25, 0.3) is 0 Å². The second-order valence-electron chi connectivity index (χ2n) is 2.91. The number of aliphatic hydroxyl groups is 1. The summed E-state index contributed by atoms with van der Waals surface area (Å²) in [6.45, 7) is 3.16. The molecule has 2 radical (unpaired) electrons. The van der Waals surface area contributed by atoms with E-state index in [1.807, 2.05) is 0 Å². The normalized spacial score (nSPS) is 14.8. The molecule has 0 aromatic carbocycles. The van der Waals surface area contributed by atoms with Gasteiger partial charge in [0.15, 0.2) is 0 Å². The standard InChI is InChI=1S/C6H14BO3P/c1-11(2,9)5-10-6(3-7)4-8/h6,8H,3-5H2,1-2H3. The second-order valence-corrected chi connectivity index (χ2v) is 6.32. The first-order valence-electron chi connectivity index (χ1n) is 3.46. The predicted octanol–water partition coefficient (Wildman–Crippen LogP) is 0.531. The summed E-state index contributed by atoms with van der Waals surface area (Å²) >= 11 is 0. The largest absolute Gasteiger partial charge is 0.394 e. The highest BCUT2D eigenvalue weighted by Crippen LogP contribution is 2.35. The van der Waals surface area contributed by atoms with E-state index in [2.05, 4.69) is 0 Å². The first kappa shape index (κ1) is 11.2. The molecule has 0 amide bonds. The van der Waals surface area contributed by atoms with E-state index in [0.717, 1.165) is 0 Å². The average Bonchev–Trinajstić information content (AvgIpc) is 1.88. The minimum absolute atomic E-state index is 0.115. The minimum Gasteiger partial charge on any atom is -0.394 e. The first-order valence-corrected chi connectivity index (χ1v) is 6.25. The van der Waals surface area contributed by atoms with Crippen molar-refractivity contribution in [3.8, 4) is 0 Å². The number of hydrogen-bond acceptors (Lipinski definition) is 3. The molecule has 0 aliphatic carbocycles. The molecule has 0 heterocycles. The number of hydrogen-bond donors (Lipinski definition) is 1. The lowest BCUT2D eigenvalue weighted by molar-refractivity contribution is 0.0503. The maximum atomic E-state index is 11.1. The Kier molecular flexibility index (Phi) is 5.06. The number of aliphatic hydroxyl groups excluding tert-OH is 1. The quantitative estimate of drug-likeness (QED) is 0.490. The van der Waals surface area contributed by atoms with E-state index < -0.39 is 7.14 Å². The van der Waals surface area contributed by atoms with Gasteiger partial charge in [-0.1, -0.05) is 6.32 Å². The lowest BCUT2D eigenvalue weighted by Gasteiger charge is -2.15. The van der Waals surface area contributed by atoms with Crippen LogP contribution in [0, 0.1) is 0 Å². The molecule has 3 nitrogen and oxygen atoms in total. The third-order valence-electron chi connectivity index (χ3n) is 1.09. The van der Waals surface area contributed by atoms with Gasteiger partial charge >= 0.3 is 0 Å². The molecule has 0 aliphatic rings. The van der Waals surface area contributed by atoms with Crippen LogP contribution < -0.4 is 0 Å². The van der Waals surface area contributed by atoms with Crippen molar-refractivity contribution in [2.75, 3.05) is 26.3 Å². The molecule has 5 heteroatoms. The highest BCUT2D eigenvalue weighted by molar-refractivity contribution is 7.62. The van der Waals surface area contributed by atoms with Crippen LogP contribution in [0.5, 0.6) is 0 Å². The van der Waals surface area contributed by atoms with Crippen molar-refractivity contribution in [1.29, 1.82) is 0 Å². The van der Waals surface area contributed by atoms with Gasteiger partial charge in [-0.2, -0.15) is 0 Å². The van der Waals surface area contributed by atoms with Crippen LogP contribution >= 0.6 is 7.14 Å². The van der Waals surface area contributed by atoms with Gasteiger partial charge in [-0.3, -0.25) is 0 Å². The second kappa shape index (κ2) is 4.97. The van der Waals surface area contributed by atoms with Crippen LogP contribution in [0.1, 0.15) is 0 Å². The van der Waals surface area contributed by atoms with Crippen molar-refractivity contribution in [1.82, 2.24) is 0 Å². The van der Waals surface area contributed by atoms with Gasteiger partial charge in [-0.25, -0.2) is 0 Å². The number of ether oxygens (including phenoxy) is 1. The van der Waals surface area contributed by atoms with E-state index in [1.165, 1.54) is 0 Å². The Hall–Kier alpha value is 0.215. The Balaban J connectivity index is 3.59. The Bertz CT molecular complexity index is 141. The summed E-state index contributed by atoms with van der Waals surface area (Å²) in [5, 5.41) is 8.63. The highest BCUT2D eigenvalue weighted by Gasteiger charge is 2.11. The summed E-state index contributed by atoms with van der Waals surface area (Å²) in [5.74, 6) is 0. The van der Waals surface area contributed by atoms with Gasteiger partial charge in [-0.15, -0.1) is 0 Å². The zero-order valence-corrected chi connectivity index (χ0v) is 7.88. The molecule has 0 aliphatic heterocycles. The molecule has 0 saturated carbocycles. The molecule has 11 heavy (non-hydrogen) atoms. The molecule has 0 spiro atoms. The Morgan fingerprint density at radius 3 is 2.45 bits per heavy atom. The maximum absolute atomic E-state index is 11.1. The van der Waals surface area contributed by atoms with Crippen molar-refractivity contribution < 1.29 is 14.4 Å². The minimum atomic E-state index is -2.13. The average molecular weight is 176 g/mol. The molecular weight excluding hydrogens is 162 g/mol. The van der Waals surface area contributed by atoms with Crippen LogP contribution in [0.2, 0.25) is 6.32 Å². The van der Waals surface area contributed by atoms with Gasteiger partial charge in [0, 0.05) is 0 Å². The zero-order valence-electron chi connectivity index (χ0n) is 6.99. The molecule has 0 saturated heterocycles. The van der Waals surface area contributed by atoms with Crippen LogP contribution in [-0.2, 0) is 9.30 Å². The third-order valence-corrected chi connectivity index (χ3v) is 1.86. The van der Waals surface area contributed by atoms with Crippen molar-refractivity contribution in [3.63, 3.8) is 0 Å². The van der Waals surface area contributed by atoms with Crippen LogP contribution in [0.4, 0.5) is 0 Å². The molecule has 0 bridgehead atoms. The van der Waals surface area contributed by atoms with Gasteiger partial charge in [-0.05, 0) is 13.3 Å². The van der Waals surface area contributed by atoms with Gasteiger partial charge in [0.2, 0.25) is 0 Å². The fraction of sp³-hybridized carbons (Fsp3) is 1.00. The fourth-order valence-electron chi connectivity index (χ4n) is 0.480. The van der Waals surface area contributed by atoms with Crippen molar-refractivity contribution in [2.24, 2.45) is 0 Å². The summed E-state index contributed by atoms with van der Waals surface area (Å²) in [6, 6.07) is 0. The molecular formula is C6H14BO3P. The van der Waals surface area contributed by atoms with Crippen molar-refractivity contribution in [3.05, 3.63) is 0 Å². The Morgan fingerprint density at radius 2 is 2.18 bits per heavy atom. The smallest absolute Gasteiger partial charge is 0.106 e. The van der Waals surface area contributed by atoms with E-state index in [9.17, 15) is 4.57 Å². The number of rotatable bonds is 5. The van der Waals surface area contributed by atoms with E-state index >= 15 is 0 Å². The molecule has 1 unspecified atom stereocenters. The molecule has 64 valence electrons. The van der Waals surface area contributed by atoms with E-state index in [-0.39, 0.29) is 25.4 Å². The van der Waals surface area contributed by atoms with Crippen LogP contribution in [0.15, 0.2) is 0 Å². The zero-order chi connectivity index (χ0) is 8.91. The lowest BCUT2D eigenvalue weighted by Crippen LogP contribution is -2.17. The van der Waals surface area contributed by atoms with Crippen LogP contribution in [0.3, 0.4) is 0 Å². The first-order chi connectivity index (χ1) is 4.99. The summed E-state index contributed by atoms with van der Waals surface area (Å²) in [4.78, 5) is 0. The molecule has 0 rings (SSSR count). The molecule has 0 aromatic heterocycles. The molecule has 1 atom stereocenters. The van der Waals surface area contributed by atoms with Gasteiger partial charge in [0.05, 0.1) is 26.9 Å². The van der Waals surface area contributed by atoms with E-state index in [0.29, 0.717) is 0 Å². The summed E-state index contributed by atoms with van der Waals surface area (Å²) in [6.07, 6.45) is 0.0783. The maximum Gasteiger partial charge on any atom is 0.106 e. The van der Waals surface area contributed by atoms with Crippen LogP contribution in [-0.4, -0.2) is 45.3 Å². The van der Waals surface area contributed by atoms with Crippen molar-refractivity contribution >= 4 is 15.0 Å². The van der Waals surface area contributed by atoms with Gasteiger partial charge < -0.3 is 14.4 Å². The van der Waals surface area contributed by atoms with Crippen molar-refractivity contribution in [2.45, 2.75) is 12.4 Å². The predicted molar refractivity (Wildman–Crippen MR) is 46.8 cm³/mol. The van der Waals surface area contributed by atoms with Gasteiger partial charge in [0.1, 0.15) is 7.14 Å². The monoisotopic (exact) mass is 176 g/mol. The summed E-state index contributed by atoms with van der Waals surface area (Å²) in [5.41, 5.74) is 0. The molecule has 0 fully saturated rings. The van der Waals surface area contributed by atoms with E-state index in [1.54, 1.807) is 13.3 Å². The third kappa shape index (κ3) is 6.61. The molecule has 0 aromatic rings. The Morgan fingerprint density at radius 1 is 1.64 bits per heavy atom. The molecule has 1 N–H and O–H groups in total. The van der Waals surface area contributed by atoms with E-state index in [4.69, 9.17) is 17.7 Å². The fourth-order valence-corrected chi connectivity index (χ4v) is 1.05. The highest BCUT2D eigenvalue weighted by atomic mass is 31.2. The topological polar surface area (TPSA) is 46.5 Å². The summed E-state index contributed by atoms with van der Waals surface area (Å²) in [7, 11) is 3.10. The SMILES string of the molecule is [B]CC(CO)OCP(C)(C)=O. The van der Waals surface area contributed by atoms with Gasteiger partial charge in [0.25, 0.3) is 0 Å². The lowest BCUT2D eigenvalue weighted by atomic mass is 10.0. The summed E-state index contributed by atoms with van der Waals surface area (Å²) < 4.78 is 16.2.